The lowest BCUT2D eigenvalue weighted by Gasteiger charge is -1.37. The molecule has 0 aliphatic heterocycles. The second-order valence-corrected chi connectivity index (χ2v) is 0.794. The highest BCUT2D eigenvalue weighted by Gasteiger charge is 1.82. The molecule has 0 radical (unpaired) electrons. The zero-order valence-electron chi connectivity index (χ0n) is 3.33. The van der Waals surface area contributed by atoms with Crippen molar-refractivity contribution < 1.29 is 9.24 Å². The van der Waals surface area contributed by atoms with E-state index in [1.807, 2.05) is 0 Å². The zero-order chi connectivity index (χ0) is 4.41. The molecule has 0 aliphatic rings. The van der Waals surface area contributed by atoms with Crippen molar-refractivity contribution in [3.63, 3.8) is 0 Å². The van der Waals surface area contributed by atoms with Crippen LogP contribution in [0.5, 0.6) is 0 Å². The Hall–Kier alpha value is -0.770. The molecule has 4 nitrogen and oxygen atoms in total. The molecule has 1 N–H and O–H groups in total. The van der Waals surface area contributed by atoms with Gasteiger partial charge in [0.25, 0.3) is 0 Å². The Kier molecular flexibility index (Phi) is 2.15. The molecule has 0 fully saturated rings. The molecule has 0 spiro atoms. The number of hydrogen-bond donors (Lipinski definition) is 1. The lowest BCUT2D eigenvalue weighted by molar-refractivity contribution is -0.752. The van der Waals surface area contributed by atoms with Gasteiger partial charge in [0.1, 0.15) is 11.1 Å². The summed E-state index contributed by atoms with van der Waals surface area (Å²) in [5, 5.41) is 2.19. The van der Waals surface area contributed by atoms with E-state index in [2.05, 4.69) is 9.62 Å². The summed E-state index contributed by atoms with van der Waals surface area (Å²) in [5.41, 5.74) is 0. The van der Waals surface area contributed by atoms with E-state index in [1.165, 1.54) is 12.5 Å². The van der Waals surface area contributed by atoms with Crippen LogP contribution in [-0.2, 0) is 0 Å². The Morgan fingerprint density at radius 2 is 2.43 bits per heavy atom. The average molecular weight is 124 g/mol. The van der Waals surface area contributed by atoms with E-state index in [0.717, 1.165) is 0 Å². The van der Waals surface area contributed by atoms with E-state index in [4.69, 9.17) is 0 Å². The van der Waals surface area contributed by atoms with Crippen LogP contribution >= 0.6 is 12.4 Å². The van der Waals surface area contributed by atoms with Gasteiger partial charge in [0, 0.05) is 0 Å². The van der Waals surface area contributed by atoms with Gasteiger partial charge in [-0.25, -0.2) is 0 Å². The quantitative estimate of drug-likeness (QED) is 0.526. The molecule has 1 rings (SSSR count). The Morgan fingerprint density at radius 1 is 1.71 bits per heavy atom. The maximum atomic E-state index is 9.76. The van der Waals surface area contributed by atoms with Gasteiger partial charge in [-0.2, -0.15) is 4.52 Å². The number of nitrogens with one attached hydrogen (secondary N) is 1. The molecule has 0 bridgehead atoms. The fraction of sp³-hybridized carbons (Fsp3) is 0. The molecule has 0 aliphatic carbocycles. The number of hydrogen-bond acceptors (Lipinski definition) is 2. The van der Waals surface area contributed by atoms with Crippen LogP contribution in [0.25, 0.3) is 0 Å². The van der Waals surface area contributed by atoms with Crippen LogP contribution in [0.2, 0.25) is 0 Å². The molecule has 0 unspecified atom stereocenters. The van der Waals surface area contributed by atoms with Crippen molar-refractivity contribution in [2.24, 2.45) is 0 Å². The molecule has 1 aromatic heterocycles. The summed E-state index contributed by atoms with van der Waals surface area (Å²) in [6.07, 6.45) is 2.65. The molecule has 0 saturated heterocycles. The first kappa shape index (κ1) is 6.23. The van der Waals surface area contributed by atoms with Gasteiger partial charge in [-0.15, -0.1) is 12.4 Å². The minimum absolute atomic E-state index is 0. The third-order valence-electron chi connectivity index (χ3n) is 0.405. The molecule has 0 atom stereocenters. The SMILES string of the molecule is Cl.O=[n+]1[nH]cco1. The van der Waals surface area contributed by atoms with Crippen molar-refractivity contribution in [3.05, 3.63) is 17.4 Å². The highest BCUT2D eigenvalue weighted by molar-refractivity contribution is 5.85. The lowest BCUT2D eigenvalue weighted by atomic mass is 11.0. The summed E-state index contributed by atoms with van der Waals surface area (Å²) in [4.78, 5) is 9.76. The summed E-state index contributed by atoms with van der Waals surface area (Å²) < 4.78 is 4.39. The minimum atomic E-state index is 0. The van der Waals surface area contributed by atoms with Gasteiger partial charge in [-0.05, 0) is 0 Å². The van der Waals surface area contributed by atoms with Gasteiger partial charge in [0.05, 0.1) is 0 Å². The molecule has 0 amide bonds. The fourth-order valence-corrected chi connectivity index (χ4v) is 0.207. The summed E-state index contributed by atoms with van der Waals surface area (Å²) in [5.74, 6) is 0. The Labute approximate surface area is 45.1 Å². The Bertz CT molecular complexity index is 151. The summed E-state index contributed by atoms with van der Waals surface area (Å²) in [6, 6.07) is 0. The van der Waals surface area contributed by atoms with Crippen molar-refractivity contribution in [1.82, 2.24) is 5.10 Å². The maximum absolute atomic E-state index is 9.76. The van der Waals surface area contributed by atoms with Crippen LogP contribution in [-0.4, -0.2) is 5.10 Å². The maximum Gasteiger partial charge on any atom is 0.366 e. The highest BCUT2D eigenvalue weighted by Crippen LogP contribution is 1.60. The first-order valence-electron chi connectivity index (χ1n) is 1.45. The standard InChI is InChI=1S/C2H3N2O2.ClH/c5-4-3-1-2-6-4;/h1-2H,(H,3,5);1H/q+1;. The molecule has 0 aromatic carbocycles. The van der Waals surface area contributed by atoms with E-state index in [0.29, 0.717) is 0 Å². The van der Waals surface area contributed by atoms with Crippen molar-refractivity contribution in [2.75, 3.05) is 0 Å². The van der Waals surface area contributed by atoms with Crippen molar-refractivity contribution in [2.45, 2.75) is 0 Å². The number of rotatable bonds is 0. The van der Waals surface area contributed by atoms with E-state index >= 15 is 0 Å². The Morgan fingerprint density at radius 3 is 2.57 bits per heavy atom. The lowest BCUT2D eigenvalue weighted by Crippen LogP contribution is -2.11. The minimum Gasteiger partial charge on any atom is -0.170 e. The van der Waals surface area contributed by atoms with E-state index in [1.54, 1.807) is 0 Å². The van der Waals surface area contributed by atoms with Crippen molar-refractivity contribution >= 4 is 12.4 Å². The summed E-state index contributed by atoms with van der Waals surface area (Å²) in [7, 11) is 0. The highest BCUT2D eigenvalue weighted by atomic mass is 35.5. The fourth-order valence-electron chi connectivity index (χ4n) is 0.207. The number of H-pyrrole nitrogens is 1. The van der Waals surface area contributed by atoms with Crippen LogP contribution in [0.4, 0.5) is 0 Å². The molecular formula is C2H4ClN2O2+. The third kappa shape index (κ3) is 1.41. The van der Waals surface area contributed by atoms with Gasteiger partial charge < -0.3 is 0 Å². The molecule has 5 heteroatoms. The summed E-state index contributed by atoms with van der Waals surface area (Å²) in [6.45, 7) is 0. The molecular weight excluding hydrogens is 119 g/mol. The van der Waals surface area contributed by atoms with E-state index < -0.39 is 0 Å². The van der Waals surface area contributed by atoms with Crippen molar-refractivity contribution in [3.8, 4) is 0 Å². The van der Waals surface area contributed by atoms with Crippen LogP contribution < -0.4 is 4.71 Å². The molecule has 1 aromatic rings. The van der Waals surface area contributed by atoms with Crippen molar-refractivity contribution in [1.29, 1.82) is 0 Å². The zero-order valence-corrected chi connectivity index (χ0v) is 4.14. The predicted molar refractivity (Wildman–Crippen MR) is 23.7 cm³/mol. The number of halogens is 1. The summed E-state index contributed by atoms with van der Waals surface area (Å²) >= 11 is 0. The van der Waals surface area contributed by atoms with Crippen LogP contribution in [0.1, 0.15) is 0 Å². The van der Waals surface area contributed by atoms with E-state index in [-0.39, 0.29) is 17.1 Å². The van der Waals surface area contributed by atoms with Gasteiger partial charge in [-0.1, -0.05) is 5.10 Å². The van der Waals surface area contributed by atoms with Crippen LogP contribution in [0, 0.1) is 4.91 Å². The van der Waals surface area contributed by atoms with Gasteiger partial charge >= 0.3 is 4.71 Å². The Balaban J connectivity index is 0.000000360. The molecule has 7 heavy (non-hydrogen) atoms. The predicted octanol–water partition coefficient (Wildman–Crippen LogP) is -0.0560. The van der Waals surface area contributed by atoms with E-state index in [9.17, 15) is 4.91 Å². The topological polar surface area (TPSA) is 51.9 Å². The first-order chi connectivity index (χ1) is 2.89. The number of aromatic amines is 1. The van der Waals surface area contributed by atoms with Gasteiger partial charge in [-0.3, -0.25) is 0 Å². The molecule has 40 valence electrons. The van der Waals surface area contributed by atoms with Crippen LogP contribution in [0.15, 0.2) is 17.0 Å². The average Bonchev–Trinajstić information content (AvgIpc) is 1.86. The largest absolute Gasteiger partial charge is 0.366 e. The van der Waals surface area contributed by atoms with Gasteiger partial charge in [0.15, 0.2) is 6.26 Å². The second kappa shape index (κ2) is 2.41. The molecule has 0 saturated carbocycles. The smallest absolute Gasteiger partial charge is 0.170 e. The molecule has 1 heterocycles. The first-order valence-corrected chi connectivity index (χ1v) is 1.45. The second-order valence-electron chi connectivity index (χ2n) is 0.794. The van der Waals surface area contributed by atoms with Crippen LogP contribution in [0.3, 0.4) is 0 Å². The number of aromatic nitrogens is 2. The monoisotopic (exact) mass is 123 g/mol. The number of nitrogens with zero attached hydrogens (tertiary/aromatic N) is 1. The normalized spacial score (nSPS) is 7.43. The third-order valence-corrected chi connectivity index (χ3v) is 0.405. The van der Waals surface area contributed by atoms with Gasteiger partial charge in [0.2, 0.25) is 0 Å².